The zero-order valence-electron chi connectivity index (χ0n) is 20.3. The van der Waals surface area contributed by atoms with Crippen molar-refractivity contribution in [1.82, 2.24) is 30.6 Å². The first-order chi connectivity index (χ1) is 17.4. The molecule has 12 heteroatoms. The van der Waals surface area contributed by atoms with Crippen LogP contribution < -0.4 is 25.4 Å². The van der Waals surface area contributed by atoms with E-state index in [1.165, 1.54) is 7.11 Å². The first-order valence-electron chi connectivity index (χ1n) is 12.1. The molecule has 2 aromatic rings. The number of hydrogen-bond donors (Lipinski definition) is 4. The van der Waals surface area contributed by atoms with Gasteiger partial charge in [-0.25, -0.2) is 19.3 Å². The number of halogens is 1. The van der Waals surface area contributed by atoms with Crippen LogP contribution in [0.1, 0.15) is 43.3 Å². The molecule has 1 amide bonds. The van der Waals surface area contributed by atoms with Gasteiger partial charge in [-0.1, -0.05) is 6.92 Å². The molecule has 36 heavy (non-hydrogen) atoms. The molecule has 1 unspecified atom stereocenters. The van der Waals surface area contributed by atoms with Crippen LogP contribution in [0.15, 0.2) is 18.2 Å². The topological polar surface area (TPSA) is 143 Å². The maximum absolute atomic E-state index is 15.1. The molecule has 1 fully saturated rings. The molecule has 2 aliphatic carbocycles. The van der Waals surface area contributed by atoms with E-state index in [0.717, 1.165) is 18.5 Å². The highest BCUT2D eigenvalue weighted by molar-refractivity contribution is 5.93. The van der Waals surface area contributed by atoms with Crippen LogP contribution in [0.4, 0.5) is 10.2 Å². The van der Waals surface area contributed by atoms with E-state index < -0.39 is 6.10 Å². The number of anilines is 1. The van der Waals surface area contributed by atoms with Gasteiger partial charge in [-0.3, -0.25) is 9.78 Å². The summed E-state index contributed by atoms with van der Waals surface area (Å²) in [5.74, 6) is 0.249. The molecule has 4 atom stereocenters. The average molecular weight is 500 g/mol. The Hall–Kier alpha value is -3.22. The monoisotopic (exact) mass is 499 g/mol. The number of allylic oxidation sites excluding steroid dienone is 1. The van der Waals surface area contributed by atoms with Crippen LogP contribution >= 0.6 is 0 Å². The molecule has 1 saturated carbocycles. The van der Waals surface area contributed by atoms with Crippen molar-refractivity contribution in [1.29, 1.82) is 0 Å². The van der Waals surface area contributed by atoms with Crippen molar-refractivity contribution in [2.24, 2.45) is 5.92 Å². The van der Waals surface area contributed by atoms with Gasteiger partial charge in [-0.05, 0) is 19.3 Å². The minimum Gasteiger partial charge on any atom is -0.480 e. The summed E-state index contributed by atoms with van der Waals surface area (Å²) in [6.45, 7) is 2.47. The van der Waals surface area contributed by atoms with Gasteiger partial charge in [-0.2, -0.15) is 0 Å². The Morgan fingerprint density at radius 1 is 1.22 bits per heavy atom. The smallest absolute Gasteiger partial charge is 0.263 e. The molecular weight excluding hydrogens is 469 g/mol. The number of aliphatic hydroxyl groups is 1. The molecule has 192 valence electrons. The largest absolute Gasteiger partial charge is 0.480 e. The SMILES string of the molecule is COc1cnc2c(n1)C(CN[C@@H]1CC[C@@H](NCc3cnc4c(n3)NC(=O)CO4)C[C@@H]1O)=C(F)C(C)C2. The minimum absolute atomic E-state index is 0.0640. The molecule has 0 aromatic carbocycles. The maximum atomic E-state index is 15.1. The van der Waals surface area contributed by atoms with E-state index in [0.29, 0.717) is 53.9 Å². The van der Waals surface area contributed by atoms with Crippen LogP contribution in [0.2, 0.25) is 0 Å². The Bertz CT molecular complexity index is 1180. The number of hydrogen-bond acceptors (Lipinski definition) is 10. The number of amides is 1. The summed E-state index contributed by atoms with van der Waals surface area (Å²) in [7, 11) is 1.51. The third-order valence-corrected chi connectivity index (χ3v) is 6.86. The Morgan fingerprint density at radius 3 is 2.89 bits per heavy atom. The van der Waals surface area contributed by atoms with E-state index in [4.69, 9.17) is 9.47 Å². The van der Waals surface area contributed by atoms with Gasteiger partial charge < -0.3 is 30.5 Å². The minimum atomic E-state index is -0.598. The van der Waals surface area contributed by atoms with Gasteiger partial charge in [0, 0.05) is 43.1 Å². The normalized spacial score (nSPS) is 25.5. The standard InChI is InChI=1S/C24H30FN7O4/c1-12-5-17-22(32-20(35-2)10-28-17)15(21(12)25)9-27-16-4-3-13(6-18(16)33)26-7-14-8-29-24-23(30-14)31-19(34)11-36-24/h8,10,12-13,16,18,26-27,33H,3-7,9,11H2,1-2H3,(H,30,31,34)/t12?,13-,16-,18+/m1/s1. The highest BCUT2D eigenvalue weighted by Crippen LogP contribution is 2.34. The van der Waals surface area contributed by atoms with Gasteiger partial charge in [0.05, 0.1) is 42.7 Å². The molecular formula is C24H30FN7O4. The summed E-state index contributed by atoms with van der Waals surface area (Å²) in [5, 5.41) is 20.2. The highest BCUT2D eigenvalue weighted by Gasteiger charge is 2.32. The average Bonchev–Trinajstić information content (AvgIpc) is 2.88. The number of carbonyl (C=O) groups is 1. The zero-order valence-corrected chi connectivity index (χ0v) is 20.3. The number of methoxy groups -OCH3 is 1. The Kier molecular flexibility index (Phi) is 7.08. The molecule has 2 aromatic heterocycles. The lowest BCUT2D eigenvalue weighted by Gasteiger charge is -2.35. The van der Waals surface area contributed by atoms with Gasteiger partial charge in [0.15, 0.2) is 12.4 Å². The van der Waals surface area contributed by atoms with Crippen LogP contribution in [-0.4, -0.2) is 69.4 Å². The van der Waals surface area contributed by atoms with Crippen LogP contribution in [0.3, 0.4) is 0 Å². The third kappa shape index (κ3) is 5.15. The predicted octanol–water partition coefficient (Wildman–Crippen LogP) is 1.14. The van der Waals surface area contributed by atoms with Crippen LogP contribution in [-0.2, 0) is 17.8 Å². The summed E-state index contributed by atoms with van der Waals surface area (Å²) in [4.78, 5) is 28.9. The van der Waals surface area contributed by atoms with Crippen molar-refractivity contribution < 1.29 is 23.8 Å². The summed E-state index contributed by atoms with van der Waals surface area (Å²) >= 11 is 0. The fraction of sp³-hybridized carbons (Fsp3) is 0.542. The van der Waals surface area contributed by atoms with Crippen molar-refractivity contribution in [3.8, 4) is 11.8 Å². The lowest BCUT2D eigenvalue weighted by molar-refractivity contribution is -0.118. The summed E-state index contributed by atoms with van der Waals surface area (Å²) < 4.78 is 25.5. The third-order valence-electron chi connectivity index (χ3n) is 6.86. The Balaban J connectivity index is 1.16. The molecule has 4 N–H and O–H groups in total. The van der Waals surface area contributed by atoms with Crippen molar-refractivity contribution >= 4 is 17.3 Å². The molecule has 1 aliphatic heterocycles. The van der Waals surface area contributed by atoms with Gasteiger partial charge >= 0.3 is 0 Å². The first-order valence-corrected chi connectivity index (χ1v) is 12.1. The van der Waals surface area contributed by atoms with Crippen LogP contribution in [0.25, 0.3) is 5.57 Å². The molecule has 11 nitrogen and oxygen atoms in total. The fourth-order valence-electron chi connectivity index (χ4n) is 4.89. The van der Waals surface area contributed by atoms with E-state index in [-0.39, 0.29) is 42.9 Å². The second kappa shape index (κ2) is 10.4. The number of nitrogens with zero attached hydrogens (tertiary/aromatic N) is 4. The van der Waals surface area contributed by atoms with Gasteiger partial charge in [0.2, 0.25) is 5.88 Å². The number of carbonyl (C=O) groups excluding carboxylic acids is 1. The fourth-order valence-corrected chi connectivity index (χ4v) is 4.89. The van der Waals surface area contributed by atoms with Gasteiger partial charge in [0.1, 0.15) is 5.83 Å². The Morgan fingerprint density at radius 2 is 2.08 bits per heavy atom. The van der Waals surface area contributed by atoms with Crippen LogP contribution in [0, 0.1) is 5.92 Å². The summed E-state index contributed by atoms with van der Waals surface area (Å²) in [6, 6.07) is -0.0817. The second-order valence-electron chi connectivity index (χ2n) is 9.44. The number of fused-ring (bicyclic) bond motifs is 2. The summed E-state index contributed by atoms with van der Waals surface area (Å²) in [5.41, 5.74) is 2.42. The zero-order chi connectivity index (χ0) is 25.2. The lowest BCUT2D eigenvalue weighted by atomic mass is 9.87. The predicted molar refractivity (Wildman–Crippen MR) is 128 cm³/mol. The molecule has 0 spiro atoms. The molecule has 0 saturated heterocycles. The van der Waals surface area contributed by atoms with E-state index in [2.05, 4.69) is 35.9 Å². The van der Waals surface area contributed by atoms with E-state index in [1.54, 1.807) is 12.4 Å². The van der Waals surface area contributed by atoms with Crippen molar-refractivity contribution in [3.63, 3.8) is 0 Å². The molecule has 5 rings (SSSR count). The van der Waals surface area contributed by atoms with Gasteiger partial charge in [0.25, 0.3) is 11.8 Å². The van der Waals surface area contributed by atoms with E-state index >= 15 is 4.39 Å². The first kappa shape index (κ1) is 24.5. The van der Waals surface area contributed by atoms with Crippen molar-refractivity contribution in [3.05, 3.63) is 35.3 Å². The number of ether oxygens (including phenoxy) is 2. The van der Waals surface area contributed by atoms with Gasteiger partial charge in [-0.15, -0.1) is 0 Å². The van der Waals surface area contributed by atoms with E-state index in [1.807, 2.05) is 6.92 Å². The quantitative estimate of drug-likeness (QED) is 0.438. The molecule has 0 radical (unpaired) electrons. The maximum Gasteiger partial charge on any atom is 0.263 e. The molecule has 3 aliphatic rings. The van der Waals surface area contributed by atoms with Crippen LogP contribution in [0.5, 0.6) is 11.8 Å². The number of rotatable bonds is 7. The molecule has 3 heterocycles. The Labute approximate surface area is 207 Å². The molecule has 0 bridgehead atoms. The van der Waals surface area contributed by atoms with Crippen molar-refractivity contribution in [2.75, 3.05) is 25.6 Å². The number of aromatic nitrogens is 4. The van der Waals surface area contributed by atoms with Crippen molar-refractivity contribution in [2.45, 2.75) is 57.3 Å². The second-order valence-corrected chi connectivity index (χ2v) is 9.44. The van der Waals surface area contributed by atoms with E-state index in [9.17, 15) is 9.90 Å². The highest BCUT2D eigenvalue weighted by atomic mass is 19.1. The lowest BCUT2D eigenvalue weighted by Crippen LogP contribution is -2.49. The number of aliphatic hydroxyl groups excluding tert-OH is 1. The number of nitrogens with one attached hydrogen (secondary N) is 3. The summed E-state index contributed by atoms with van der Waals surface area (Å²) in [6.07, 6.45) is 5.15.